The summed E-state index contributed by atoms with van der Waals surface area (Å²) < 4.78 is 5.33. The summed E-state index contributed by atoms with van der Waals surface area (Å²) in [5.74, 6) is 0. The fourth-order valence-corrected chi connectivity index (χ4v) is 3.70. The van der Waals surface area contributed by atoms with Crippen LogP contribution in [0.5, 0.6) is 0 Å². The standard InChI is InChI=1S/C16H26N2O3S/c1-12(9-14-4-3-13(2)22-14)18-15(20)17-10-16(11-19)5-7-21-8-6-16/h3-4,12,19H,5-11H2,1-2H3,(H2,17,18,20)/t12-/m1/s1. The van der Waals surface area contributed by atoms with E-state index in [0.29, 0.717) is 19.8 Å². The molecule has 1 saturated heterocycles. The minimum Gasteiger partial charge on any atom is -0.396 e. The van der Waals surface area contributed by atoms with Crippen molar-refractivity contribution in [3.63, 3.8) is 0 Å². The number of thiophene rings is 1. The Bertz CT molecular complexity index is 483. The maximum absolute atomic E-state index is 12.0. The van der Waals surface area contributed by atoms with Crippen molar-refractivity contribution in [2.24, 2.45) is 5.41 Å². The van der Waals surface area contributed by atoms with Crippen molar-refractivity contribution in [1.82, 2.24) is 10.6 Å². The first kappa shape index (κ1) is 17.2. The summed E-state index contributed by atoms with van der Waals surface area (Å²) in [7, 11) is 0. The van der Waals surface area contributed by atoms with Gasteiger partial charge in [-0.25, -0.2) is 4.79 Å². The van der Waals surface area contributed by atoms with E-state index in [0.717, 1.165) is 19.3 Å². The van der Waals surface area contributed by atoms with E-state index in [1.165, 1.54) is 9.75 Å². The summed E-state index contributed by atoms with van der Waals surface area (Å²) in [5.41, 5.74) is -0.232. The lowest BCUT2D eigenvalue weighted by Crippen LogP contribution is -2.48. The van der Waals surface area contributed by atoms with E-state index < -0.39 is 0 Å². The van der Waals surface area contributed by atoms with E-state index in [2.05, 4.69) is 29.7 Å². The van der Waals surface area contributed by atoms with Crippen molar-refractivity contribution in [2.45, 2.75) is 39.2 Å². The lowest BCUT2D eigenvalue weighted by molar-refractivity contribution is -0.0139. The second-order valence-corrected chi connectivity index (χ2v) is 7.59. The van der Waals surface area contributed by atoms with Crippen molar-refractivity contribution >= 4 is 17.4 Å². The molecule has 0 unspecified atom stereocenters. The molecule has 124 valence electrons. The predicted octanol–water partition coefficient (Wildman–Crippen LogP) is 2.08. The lowest BCUT2D eigenvalue weighted by Gasteiger charge is -2.35. The third-order valence-electron chi connectivity index (χ3n) is 4.19. The number of nitrogens with one attached hydrogen (secondary N) is 2. The molecule has 5 nitrogen and oxygen atoms in total. The number of ether oxygens (including phenoxy) is 1. The number of carbonyl (C=O) groups excluding carboxylic acids is 1. The van der Waals surface area contributed by atoms with E-state index in [9.17, 15) is 9.90 Å². The summed E-state index contributed by atoms with van der Waals surface area (Å²) in [4.78, 5) is 14.6. The predicted molar refractivity (Wildman–Crippen MR) is 88.3 cm³/mol. The molecule has 1 atom stereocenters. The first-order valence-corrected chi connectivity index (χ1v) is 8.63. The number of hydrogen-bond acceptors (Lipinski definition) is 4. The first-order valence-electron chi connectivity index (χ1n) is 7.81. The highest BCUT2D eigenvalue weighted by Gasteiger charge is 2.32. The number of rotatable bonds is 6. The van der Waals surface area contributed by atoms with Gasteiger partial charge in [-0.1, -0.05) is 0 Å². The van der Waals surface area contributed by atoms with Crippen LogP contribution in [0.15, 0.2) is 12.1 Å². The zero-order chi connectivity index (χ0) is 16.0. The quantitative estimate of drug-likeness (QED) is 0.749. The Morgan fingerprint density at radius 2 is 2.18 bits per heavy atom. The maximum Gasteiger partial charge on any atom is 0.315 e. The molecule has 1 aliphatic heterocycles. The molecule has 2 rings (SSSR count). The van der Waals surface area contributed by atoms with Crippen molar-refractivity contribution in [3.8, 4) is 0 Å². The van der Waals surface area contributed by atoms with E-state index in [-0.39, 0.29) is 24.1 Å². The van der Waals surface area contributed by atoms with Gasteiger partial charge in [0.2, 0.25) is 0 Å². The van der Waals surface area contributed by atoms with Gasteiger partial charge in [0, 0.05) is 47.4 Å². The molecule has 0 spiro atoms. The average molecular weight is 326 g/mol. The van der Waals surface area contributed by atoms with Crippen LogP contribution in [0.4, 0.5) is 4.79 Å². The zero-order valence-electron chi connectivity index (χ0n) is 13.4. The van der Waals surface area contributed by atoms with Crippen LogP contribution in [0.1, 0.15) is 29.5 Å². The number of aliphatic hydroxyl groups excluding tert-OH is 1. The van der Waals surface area contributed by atoms with Crippen LogP contribution >= 0.6 is 11.3 Å². The Hall–Kier alpha value is -1.11. The number of aliphatic hydroxyl groups is 1. The third kappa shape index (κ3) is 4.97. The van der Waals surface area contributed by atoms with E-state index in [1.807, 2.05) is 6.92 Å². The summed E-state index contributed by atoms with van der Waals surface area (Å²) in [6, 6.07) is 4.12. The summed E-state index contributed by atoms with van der Waals surface area (Å²) in [6.45, 7) is 5.96. The molecule has 0 radical (unpaired) electrons. The molecule has 6 heteroatoms. The van der Waals surface area contributed by atoms with Crippen molar-refractivity contribution in [1.29, 1.82) is 0 Å². The Labute approximate surface area is 136 Å². The molecule has 1 aromatic heterocycles. The number of carbonyl (C=O) groups is 1. The molecule has 2 heterocycles. The summed E-state index contributed by atoms with van der Waals surface area (Å²) >= 11 is 1.76. The number of aryl methyl sites for hydroxylation is 1. The van der Waals surface area contributed by atoms with Gasteiger partial charge < -0.3 is 20.5 Å². The van der Waals surface area contributed by atoms with Gasteiger partial charge in [0.25, 0.3) is 0 Å². The Balaban J connectivity index is 1.74. The maximum atomic E-state index is 12.0. The van der Waals surface area contributed by atoms with E-state index in [1.54, 1.807) is 11.3 Å². The Kier molecular flexibility index (Phi) is 6.23. The zero-order valence-corrected chi connectivity index (χ0v) is 14.2. The number of urea groups is 1. The van der Waals surface area contributed by atoms with Gasteiger partial charge in [-0.2, -0.15) is 0 Å². The fraction of sp³-hybridized carbons (Fsp3) is 0.688. The van der Waals surface area contributed by atoms with Gasteiger partial charge in [-0.15, -0.1) is 11.3 Å². The molecule has 2 amide bonds. The molecule has 0 aromatic carbocycles. The molecule has 22 heavy (non-hydrogen) atoms. The minimum absolute atomic E-state index is 0.0813. The number of amides is 2. The normalized spacial score (nSPS) is 18.7. The van der Waals surface area contributed by atoms with Crippen LogP contribution < -0.4 is 10.6 Å². The first-order chi connectivity index (χ1) is 10.5. The highest BCUT2D eigenvalue weighted by Crippen LogP contribution is 2.28. The topological polar surface area (TPSA) is 70.6 Å². The fourth-order valence-electron chi connectivity index (χ4n) is 2.69. The Morgan fingerprint density at radius 1 is 1.45 bits per heavy atom. The molecule has 0 bridgehead atoms. The SMILES string of the molecule is Cc1ccc(C[C@@H](C)NC(=O)NCC2(CO)CCOCC2)s1. The van der Waals surface area contributed by atoms with Gasteiger partial charge in [0.1, 0.15) is 0 Å². The van der Waals surface area contributed by atoms with E-state index >= 15 is 0 Å². The molecular weight excluding hydrogens is 300 g/mol. The molecule has 0 aliphatic carbocycles. The van der Waals surface area contributed by atoms with Gasteiger partial charge in [0.05, 0.1) is 6.61 Å². The molecule has 3 N–H and O–H groups in total. The monoisotopic (exact) mass is 326 g/mol. The minimum atomic E-state index is -0.232. The second-order valence-electron chi connectivity index (χ2n) is 6.22. The molecule has 1 fully saturated rings. The van der Waals surface area contributed by atoms with Crippen LogP contribution in [0.25, 0.3) is 0 Å². The van der Waals surface area contributed by atoms with E-state index in [4.69, 9.17) is 4.74 Å². The highest BCUT2D eigenvalue weighted by molar-refractivity contribution is 7.11. The lowest BCUT2D eigenvalue weighted by atomic mass is 9.81. The van der Waals surface area contributed by atoms with Crippen LogP contribution in [0, 0.1) is 12.3 Å². The second kappa shape index (κ2) is 7.94. The highest BCUT2D eigenvalue weighted by atomic mass is 32.1. The van der Waals surface area contributed by atoms with Gasteiger partial charge in [0.15, 0.2) is 0 Å². The van der Waals surface area contributed by atoms with Crippen LogP contribution in [-0.2, 0) is 11.2 Å². The van der Waals surface area contributed by atoms with Crippen molar-refractivity contribution < 1.29 is 14.6 Å². The van der Waals surface area contributed by atoms with Crippen LogP contribution in [0.3, 0.4) is 0 Å². The molecule has 1 aromatic rings. The van der Waals surface area contributed by atoms with Crippen LogP contribution in [-0.4, -0.2) is 43.5 Å². The molecule has 0 saturated carbocycles. The molecular formula is C16H26N2O3S. The summed E-state index contributed by atoms with van der Waals surface area (Å²) in [5, 5.41) is 15.5. The van der Waals surface area contributed by atoms with Gasteiger partial charge >= 0.3 is 6.03 Å². The third-order valence-corrected chi connectivity index (χ3v) is 5.22. The smallest absolute Gasteiger partial charge is 0.315 e. The van der Waals surface area contributed by atoms with Crippen molar-refractivity contribution in [3.05, 3.63) is 21.9 Å². The molecule has 1 aliphatic rings. The van der Waals surface area contributed by atoms with Gasteiger partial charge in [-0.05, 0) is 38.8 Å². The number of hydrogen-bond donors (Lipinski definition) is 3. The summed E-state index contributed by atoms with van der Waals surface area (Å²) in [6.07, 6.45) is 2.41. The Morgan fingerprint density at radius 3 is 2.77 bits per heavy atom. The van der Waals surface area contributed by atoms with Crippen LogP contribution in [0.2, 0.25) is 0 Å². The largest absolute Gasteiger partial charge is 0.396 e. The average Bonchev–Trinajstić information content (AvgIpc) is 2.91. The van der Waals surface area contributed by atoms with Crippen molar-refractivity contribution in [2.75, 3.05) is 26.4 Å². The van der Waals surface area contributed by atoms with Gasteiger partial charge in [-0.3, -0.25) is 0 Å².